The lowest BCUT2D eigenvalue weighted by Crippen LogP contribution is -2.32. The summed E-state index contributed by atoms with van der Waals surface area (Å²) in [5, 5.41) is 7.47. The smallest absolute Gasteiger partial charge is 0.229 e. The standard InChI is InChI=1S/C12H20N4O/c1-5-15-7-8(3)11(17)13-10-9(4)14-16(6-2)12(10)15/h8H,5-7H2,1-4H3,(H,13,17). The molecule has 5 heteroatoms. The summed E-state index contributed by atoms with van der Waals surface area (Å²) in [6.45, 7) is 10.5. The van der Waals surface area contributed by atoms with E-state index in [-0.39, 0.29) is 11.8 Å². The Hall–Kier alpha value is -1.52. The van der Waals surface area contributed by atoms with Crippen LogP contribution in [0.2, 0.25) is 0 Å². The van der Waals surface area contributed by atoms with Gasteiger partial charge < -0.3 is 10.2 Å². The van der Waals surface area contributed by atoms with E-state index in [1.54, 1.807) is 0 Å². The second-order valence-corrected chi connectivity index (χ2v) is 4.53. The molecule has 1 unspecified atom stereocenters. The fraction of sp³-hybridized carbons (Fsp3) is 0.667. The molecular weight excluding hydrogens is 216 g/mol. The van der Waals surface area contributed by atoms with Gasteiger partial charge in [-0.25, -0.2) is 4.68 Å². The molecule has 0 spiro atoms. The van der Waals surface area contributed by atoms with E-state index in [9.17, 15) is 4.79 Å². The monoisotopic (exact) mass is 236 g/mol. The van der Waals surface area contributed by atoms with Crippen molar-refractivity contribution in [1.29, 1.82) is 0 Å². The number of hydrogen-bond donors (Lipinski definition) is 1. The van der Waals surface area contributed by atoms with Crippen molar-refractivity contribution < 1.29 is 4.79 Å². The van der Waals surface area contributed by atoms with Crippen molar-refractivity contribution in [3.05, 3.63) is 5.69 Å². The first kappa shape index (κ1) is 12.0. The molecule has 0 bridgehead atoms. The average molecular weight is 236 g/mol. The molecule has 1 aliphatic rings. The normalized spacial score (nSPS) is 19.9. The second-order valence-electron chi connectivity index (χ2n) is 4.53. The Morgan fingerprint density at radius 1 is 1.41 bits per heavy atom. The predicted molar refractivity (Wildman–Crippen MR) is 68.3 cm³/mol. The third-order valence-corrected chi connectivity index (χ3v) is 3.27. The summed E-state index contributed by atoms with van der Waals surface area (Å²) in [6.07, 6.45) is 0. The Morgan fingerprint density at radius 2 is 2.12 bits per heavy atom. The number of nitrogens with one attached hydrogen (secondary N) is 1. The van der Waals surface area contributed by atoms with Gasteiger partial charge in [-0.2, -0.15) is 5.10 Å². The highest BCUT2D eigenvalue weighted by molar-refractivity contribution is 5.97. The van der Waals surface area contributed by atoms with Crippen molar-refractivity contribution in [2.45, 2.75) is 34.2 Å². The van der Waals surface area contributed by atoms with Crippen LogP contribution in [0.25, 0.3) is 0 Å². The van der Waals surface area contributed by atoms with Crippen LogP contribution in [-0.2, 0) is 11.3 Å². The molecule has 0 aromatic carbocycles. The van der Waals surface area contributed by atoms with Crippen molar-refractivity contribution in [3.8, 4) is 0 Å². The summed E-state index contributed by atoms with van der Waals surface area (Å²) >= 11 is 0. The van der Waals surface area contributed by atoms with Crippen LogP contribution in [0.3, 0.4) is 0 Å². The van der Waals surface area contributed by atoms with Crippen LogP contribution in [0, 0.1) is 12.8 Å². The Balaban J connectivity index is 2.53. The van der Waals surface area contributed by atoms with Gasteiger partial charge in [-0.05, 0) is 20.8 Å². The van der Waals surface area contributed by atoms with Crippen LogP contribution in [0.4, 0.5) is 11.5 Å². The van der Waals surface area contributed by atoms with Gasteiger partial charge in [0.25, 0.3) is 0 Å². The van der Waals surface area contributed by atoms with E-state index in [0.29, 0.717) is 0 Å². The number of amides is 1. The van der Waals surface area contributed by atoms with Crippen LogP contribution >= 0.6 is 0 Å². The largest absolute Gasteiger partial charge is 0.355 e. The highest BCUT2D eigenvalue weighted by atomic mass is 16.2. The van der Waals surface area contributed by atoms with Gasteiger partial charge in [0.1, 0.15) is 5.69 Å². The number of carbonyl (C=O) groups is 1. The molecule has 2 rings (SSSR count). The minimum Gasteiger partial charge on any atom is -0.355 e. The molecule has 1 aliphatic heterocycles. The van der Waals surface area contributed by atoms with Gasteiger partial charge in [0.15, 0.2) is 5.82 Å². The van der Waals surface area contributed by atoms with E-state index in [1.807, 2.05) is 18.5 Å². The maximum Gasteiger partial charge on any atom is 0.229 e. The number of hydrogen-bond acceptors (Lipinski definition) is 3. The Kier molecular flexibility index (Phi) is 3.09. The van der Waals surface area contributed by atoms with Crippen molar-refractivity contribution >= 4 is 17.4 Å². The summed E-state index contributed by atoms with van der Waals surface area (Å²) in [7, 11) is 0. The molecule has 2 heterocycles. The zero-order chi connectivity index (χ0) is 12.6. The predicted octanol–water partition coefficient (Wildman–Crippen LogP) is 1.63. The lowest BCUT2D eigenvalue weighted by molar-refractivity contribution is -0.119. The van der Waals surface area contributed by atoms with Gasteiger partial charge in [0, 0.05) is 19.6 Å². The van der Waals surface area contributed by atoms with Crippen LogP contribution in [0.5, 0.6) is 0 Å². The van der Waals surface area contributed by atoms with Crippen LogP contribution in [-0.4, -0.2) is 28.8 Å². The van der Waals surface area contributed by atoms with Gasteiger partial charge in [-0.1, -0.05) is 6.92 Å². The molecule has 17 heavy (non-hydrogen) atoms. The van der Waals surface area contributed by atoms with Crippen molar-refractivity contribution in [2.75, 3.05) is 23.3 Å². The first-order valence-corrected chi connectivity index (χ1v) is 6.21. The topological polar surface area (TPSA) is 50.2 Å². The SMILES string of the molecule is CCN1CC(C)C(=O)Nc2c(C)nn(CC)c21. The van der Waals surface area contributed by atoms with Gasteiger partial charge in [0.05, 0.1) is 11.6 Å². The van der Waals surface area contributed by atoms with E-state index in [1.165, 1.54) is 0 Å². The molecule has 94 valence electrons. The minimum atomic E-state index is 0.00653. The molecule has 5 nitrogen and oxygen atoms in total. The molecule has 0 aliphatic carbocycles. The quantitative estimate of drug-likeness (QED) is 0.849. The third kappa shape index (κ3) is 1.90. The summed E-state index contributed by atoms with van der Waals surface area (Å²) in [5.41, 5.74) is 1.77. The maximum atomic E-state index is 11.9. The van der Waals surface area contributed by atoms with Gasteiger partial charge in [0.2, 0.25) is 5.91 Å². The lowest BCUT2D eigenvalue weighted by atomic mass is 10.1. The molecule has 1 aromatic heterocycles. The number of fused-ring (bicyclic) bond motifs is 1. The summed E-state index contributed by atoms with van der Waals surface area (Å²) < 4.78 is 1.96. The van der Waals surface area contributed by atoms with Gasteiger partial charge >= 0.3 is 0 Å². The molecular formula is C12H20N4O. The number of anilines is 2. The highest BCUT2D eigenvalue weighted by Crippen LogP contribution is 2.32. The zero-order valence-electron chi connectivity index (χ0n) is 10.9. The first-order valence-electron chi connectivity index (χ1n) is 6.21. The fourth-order valence-electron chi connectivity index (χ4n) is 2.28. The first-order chi connectivity index (χ1) is 8.08. The molecule has 0 radical (unpaired) electrons. The van der Waals surface area contributed by atoms with E-state index in [0.717, 1.165) is 36.8 Å². The number of aromatic nitrogens is 2. The maximum absolute atomic E-state index is 11.9. The molecule has 1 N–H and O–H groups in total. The van der Waals surface area contributed by atoms with E-state index in [2.05, 4.69) is 29.2 Å². The van der Waals surface area contributed by atoms with E-state index < -0.39 is 0 Å². The Morgan fingerprint density at radius 3 is 2.71 bits per heavy atom. The Bertz CT molecular complexity index is 438. The molecule has 0 fully saturated rings. The summed E-state index contributed by atoms with van der Waals surface area (Å²) in [5.74, 6) is 1.14. The molecule has 0 saturated carbocycles. The molecule has 1 aromatic rings. The van der Waals surface area contributed by atoms with E-state index in [4.69, 9.17) is 0 Å². The zero-order valence-corrected chi connectivity index (χ0v) is 10.9. The van der Waals surface area contributed by atoms with Crippen LogP contribution in [0.15, 0.2) is 0 Å². The number of rotatable bonds is 2. The van der Waals surface area contributed by atoms with E-state index >= 15 is 0 Å². The molecule has 0 saturated heterocycles. The highest BCUT2D eigenvalue weighted by Gasteiger charge is 2.28. The Labute approximate surface area is 102 Å². The lowest BCUT2D eigenvalue weighted by Gasteiger charge is -2.23. The number of carbonyl (C=O) groups excluding carboxylic acids is 1. The summed E-state index contributed by atoms with van der Waals surface area (Å²) in [6, 6.07) is 0. The molecule has 1 amide bonds. The van der Waals surface area contributed by atoms with Crippen LogP contribution < -0.4 is 10.2 Å². The van der Waals surface area contributed by atoms with Gasteiger partial charge in [-0.15, -0.1) is 0 Å². The number of aryl methyl sites for hydroxylation is 2. The van der Waals surface area contributed by atoms with Gasteiger partial charge in [-0.3, -0.25) is 4.79 Å². The fourth-order valence-corrected chi connectivity index (χ4v) is 2.28. The van der Waals surface area contributed by atoms with Crippen molar-refractivity contribution in [1.82, 2.24) is 9.78 Å². The number of nitrogens with zero attached hydrogens (tertiary/aromatic N) is 3. The average Bonchev–Trinajstić information content (AvgIpc) is 2.55. The second kappa shape index (κ2) is 4.39. The van der Waals surface area contributed by atoms with Crippen molar-refractivity contribution in [2.24, 2.45) is 5.92 Å². The summed E-state index contributed by atoms with van der Waals surface area (Å²) in [4.78, 5) is 14.1. The van der Waals surface area contributed by atoms with Crippen LogP contribution in [0.1, 0.15) is 26.5 Å². The minimum absolute atomic E-state index is 0.00653. The van der Waals surface area contributed by atoms with Crippen molar-refractivity contribution in [3.63, 3.8) is 0 Å². The molecule has 1 atom stereocenters. The third-order valence-electron chi connectivity index (χ3n) is 3.27.